The van der Waals surface area contributed by atoms with Crippen molar-refractivity contribution in [1.82, 2.24) is 5.43 Å². The number of hydrogen-bond donors (Lipinski definition) is 2. The van der Waals surface area contributed by atoms with Gasteiger partial charge in [0.05, 0.1) is 13.3 Å². The van der Waals surface area contributed by atoms with Gasteiger partial charge in [0, 0.05) is 11.1 Å². The number of benzene rings is 2. The first-order chi connectivity index (χ1) is 12.4. The van der Waals surface area contributed by atoms with Gasteiger partial charge in [0.25, 0.3) is 5.91 Å². The molecule has 2 N–H and O–H groups in total. The van der Waals surface area contributed by atoms with E-state index in [2.05, 4.69) is 10.5 Å². The first-order valence-electron chi connectivity index (χ1n) is 7.57. The van der Waals surface area contributed by atoms with Gasteiger partial charge in [-0.3, -0.25) is 4.79 Å². The molecule has 0 aromatic heterocycles. The molecule has 2 aromatic carbocycles. The smallest absolute Gasteiger partial charge is 0.344 e. The van der Waals surface area contributed by atoms with Crippen molar-refractivity contribution in [2.45, 2.75) is 13.0 Å². The zero-order valence-corrected chi connectivity index (χ0v) is 14.1. The molecule has 0 radical (unpaired) electrons. The molecule has 0 heterocycles. The normalized spacial score (nSPS) is 11.8. The molecule has 1 amide bonds. The highest BCUT2D eigenvalue weighted by atomic mass is 19.1. The van der Waals surface area contributed by atoms with Crippen molar-refractivity contribution in [3.8, 4) is 11.5 Å². The lowest BCUT2D eigenvalue weighted by Gasteiger charge is -2.15. The Morgan fingerprint density at radius 1 is 1.23 bits per heavy atom. The molecule has 2 rings (SSSR count). The first-order valence-corrected chi connectivity index (χ1v) is 7.57. The van der Waals surface area contributed by atoms with Crippen LogP contribution in [0.3, 0.4) is 0 Å². The molecule has 26 heavy (non-hydrogen) atoms. The molecular weight excluding hydrogens is 343 g/mol. The van der Waals surface area contributed by atoms with E-state index in [1.807, 2.05) is 0 Å². The number of aliphatic carboxylic acids is 1. The minimum absolute atomic E-state index is 0.185. The van der Waals surface area contributed by atoms with E-state index in [0.717, 1.165) is 0 Å². The van der Waals surface area contributed by atoms with Crippen LogP contribution in [-0.4, -0.2) is 36.4 Å². The van der Waals surface area contributed by atoms with Crippen molar-refractivity contribution in [3.63, 3.8) is 0 Å². The molecule has 8 heteroatoms. The number of amides is 1. The summed E-state index contributed by atoms with van der Waals surface area (Å²) in [5.74, 6) is -1.60. The van der Waals surface area contributed by atoms with E-state index in [0.29, 0.717) is 11.3 Å². The highest BCUT2D eigenvalue weighted by Crippen LogP contribution is 2.31. The molecule has 0 aliphatic carbocycles. The maximum atomic E-state index is 12.9. The quantitative estimate of drug-likeness (QED) is 0.584. The van der Waals surface area contributed by atoms with Gasteiger partial charge in [-0.2, -0.15) is 5.10 Å². The number of carbonyl (C=O) groups is 2. The van der Waals surface area contributed by atoms with Crippen LogP contribution in [0, 0.1) is 5.82 Å². The van der Waals surface area contributed by atoms with E-state index in [9.17, 15) is 14.0 Å². The predicted octanol–water partition coefficient (Wildman–Crippen LogP) is 2.45. The van der Waals surface area contributed by atoms with E-state index in [1.54, 1.807) is 18.2 Å². The second-order valence-corrected chi connectivity index (χ2v) is 5.18. The molecule has 0 aliphatic heterocycles. The monoisotopic (exact) mass is 360 g/mol. The van der Waals surface area contributed by atoms with Crippen LogP contribution in [-0.2, 0) is 4.79 Å². The van der Waals surface area contributed by atoms with Crippen LogP contribution in [0.4, 0.5) is 4.39 Å². The maximum absolute atomic E-state index is 12.9. The number of para-hydroxylation sites is 1. The van der Waals surface area contributed by atoms with E-state index in [4.69, 9.17) is 14.6 Å². The predicted molar refractivity (Wildman–Crippen MR) is 92.2 cm³/mol. The summed E-state index contributed by atoms with van der Waals surface area (Å²) < 4.78 is 23.5. The van der Waals surface area contributed by atoms with E-state index in [-0.39, 0.29) is 11.3 Å². The fraction of sp³-hybridized carbons (Fsp3) is 0.167. The van der Waals surface area contributed by atoms with Crippen molar-refractivity contribution in [3.05, 3.63) is 59.4 Å². The van der Waals surface area contributed by atoms with Crippen LogP contribution in [0.15, 0.2) is 47.6 Å². The van der Waals surface area contributed by atoms with Gasteiger partial charge >= 0.3 is 5.97 Å². The lowest BCUT2D eigenvalue weighted by atomic mass is 10.2. The largest absolute Gasteiger partial charge is 0.493 e. The van der Waals surface area contributed by atoms with Crippen LogP contribution < -0.4 is 14.9 Å². The topological polar surface area (TPSA) is 97.2 Å². The number of nitrogens with zero attached hydrogens (tertiary/aromatic N) is 1. The van der Waals surface area contributed by atoms with Crippen molar-refractivity contribution in [2.24, 2.45) is 5.10 Å². The Labute approximate surface area is 149 Å². The summed E-state index contributed by atoms with van der Waals surface area (Å²) in [6.07, 6.45) is 0.195. The highest BCUT2D eigenvalue weighted by Gasteiger charge is 2.18. The van der Waals surface area contributed by atoms with Gasteiger partial charge < -0.3 is 14.6 Å². The van der Waals surface area contributed by atoms with E-state index < -0.39 is 23.8 Å². The Morgan fingerprint density at radius 2 is 1.92 bits per heavy atom. The second-order valence-electron chi connectivity index (χ2n) is 5.18. The summed E-state index contributed by atoms with van der Waals surface area (Å²) in [5, 5.41) is 12.8. The average Bonchev–Trinajstić information content (AvgIpc) is 2.63. The summed E-state index contributed by atoms with van der Waals surface area (Å²) in [4.78, 5) is 23.0. The van der Waals surface area contributed by atoms with Crippen LogP contribution in [0.5, 0.6) is 11.5 Å². The minimum Gasteiger partial charge on any atom is -0.493 e. The Hall–Kier alpha value is -3.42. The van der Waals surface area contributed by atoms with Crippen LogP contribution in [0.1, 0.15) is 22.8 Å². The molecule has 2 aromatic rings. The van der Waals surface area contributed by atoms with Gasteiger partial charge in [-0.05, 0) is 43.3 Å². The molecule has 0 aliphatic rings. The molecule has 0 saturated carbocycles. The molecule has 0 bridgehead atoms. The number of ether oxygens (including phenoxy) is 2. The zero-order valence-electron chi connectivity index (χ0n) is 14.1. The number of carboxylic acids is 1. The third kappa shape index (κ3) is 4.79. The molecule has 0 saturated heterocycles. The SMILES string of the molecule is COc1cccc(/C=N\NC(=O)c2ccc(F)cc2)c1O[C@@H](C)C(=O)O. The molecule has 0 spiro atoms. The van der Waals surface area contributed by atoms with Gasteiger partial charge in [0.2, 0.25) is 0 Å². The number of methoxy groups -OCH3 is 1. The second kappa shape index (κ2) is 8.61. The minimum atomic E-state index is -1.14. The molecule has 136 valence electrons. The Balaban J connectivity index is 2.17. The van der Waals surface area contributed by atoms with E-state index in [1.165, 1.54) is 44.5 Å². The number of carbonyl (C=O) groups excluding carboxylic acids is 1. The van der Waals surface area contributed by atoms with Gasteiger partial charge in [-0.15, -0.1) is 0 Å². The number of rotatable bonds is 7. The average molecular weight is 360 g/mol. The summed E-state index contributed by atoms with van der Waals surface area (Å²) in [6.45, 7) is 1.38. The fourth-order valence-corrected chi connectivity index (χ4v) is 1.97. The van der Waals surface area contributed by atoms with Gasteiger partial charge in [0.1, 0.15) is 5.82 Å². The number of nitrogens with one attached hydrogen (secondary N) is 1. The molecular formula is C18H17FN2O5. The van der Waals surface area contributed by atoms with Gasteiger partial charge in [-0.25, -0.2) is 14.6 Å². The van der Waals surface area contributed by atoms with Crippen molar-refractivity contribution < 1.29 is 28.6 Å². The maximum Gasteiger partial charge on any atom is 0.344 e. The van der Waals surface area contributed by atoms with Crippen LogP contribution in [0.2, 0.25) is 0 Å². The Kier molecular flexibility index (Phi) is 6.26. The van der Waals surface area contributed by atoms with Crippen molar-refractivity contribution in [1.29, 1.82) is 0 Å². The number of halogens is 1. The van der Waals surface area contributed by atoms with Crippen molar-refractivity contribution in [2.75, 3.05) is 7.11 Å². The Bertz CT molecular complexity index is 821. The number of hydrazone groups is 1. The summed E-state index contributed by atoms with van der Waals surface area (Å²) >= 11 is 0. The zero-order chi connectivity index (χ0) is 19.1. The first kappa shape index (κ1) is 18.9. The lowest BCUT2D eigenvalue weighted by Crippen LogP contribution is -2.24. The van der Waals surface area contributed by atoms with Gasteiger partial charge in [-0.1, -0.05) is 6.07 Å². The Morgan fingerprint density at radius 3 is 2.54 bits per heavy atom. The molecule has 0 unspecified atom stereocenters. The molecule has 0 fully saturated rings. The van der Waals surface area contributed by atoms with Gasteiger partial charge in [0.15, 0.2) is 17.6 Å². The molecule has 1 atom stereocenters. The number of hydrogen-bond acceptors (Lipinski definition) is 5. The van der Waals surface area contributed by atoms with E-state index >= 15 is 0 Å². The lowest BCUT2D eigenvalue weighted by molar-refractivity contribution is -0.144. The highest BCUT2D eigenvalue weighted by molar-refractivity contribution is 5.95. The molecule has 7 nitrogen and oxygen atoms in total. The van der Waals surface area contributed by atoms with Crippen molar-refractivity contribution >= 4 is 18.1 Å². The third-order valence-corrected chi connectivity index (χ3v) is 3.35. The summed E-state index contributed by atoms with van der Waals surface area (Å²) in [7, 11) is 1.42. The standard InChI is InChI=1S/C18H17FN2O5/c1-11(18(23)24)26-16-13(4-3-5-15(16)25-2)10-20-21-17(22)12-6-8-14(19)9-7-12/h3-11H,1-2H3,(H,21,22)(H,23,24)/b20-10-/t11-/m0/s1. The summed E-state index contributed by atoms with van der Waals surface area (Å²) in [6, 6.07) is 9.89. The van der Waals surface area contributed by atoms with Crippen LogP contribution >= 0.6 is 0 Å². The third-order valence-electron chi connectivity index (χ3n) is 3.35. The fourth-order valence-electron chi connectivity index (χ4n) is 1.97. The van der Waals surface area contributed by atoms with Crippen LogP contribution in [0.25, 0.3) is 0 Å². The summed E-state index contributed by atoms with van der Waals surface area (Å²) in [5.41, 5.74) is 2.96. The number of carboxylic acid groups (broad SMARTS) is 1.